The van der Waals surface area contributed by atoms with Crippen LogP contribution in [0.4, 0.5) is 5.69 Å². The van der Waals surface area contributed by atoms with E-state index in [9.17, 15) is 14.4 Å². The monoisotopic (exact) mass is 607 g/mol. The molecule has 3 amide bonds. The predicted octanol–water partition coefficient (Wildman–Crippen LogP) is 3.63. The van der Waals surface area contributed by atoms with Crippen molar-refractivity contribution in [2.45, 2.75) is 87.8 Å². The number of aliphatic hydroxyl groups is 1. The number of nitrogens with one attached hydrogen (secondary N) is 2. The maximum absolute atomic E-state index is 14.0. The van der Waals surface area contributed by atoms with E-state index >= 15 is 0 Å². The highest BCUT2D eigenvalue weighted by Crippen LogP contribution is 2.60. The lowest BCUT2D eigenvalue weighted by Gasteiger charge is -2.34. The summed E-state index contributed by atoms with van der Waals surface area (Å²) >= 11 is 3.71. The van der Waals surface area contributed by atoms with Crippen LogP contribution < -0.4 is 15.4 Å². The van der Waals surface area contributed by atoms with E-state index in [0.29, 0.717) is 44.0 Å². The highest BCUT2D eigenvalue weighted by atomic mass is 79.9. The summed E-state index contributed by atoms with van der Waals surface area (Å²) in [5, 5.41) is 15.1. The molecule has 1 spiro atoms. The molecular weight excluding hydrogens is 566 g/mol. The molecule has 3 N–H and O–H groups in total. The van der Waals surface area contributed by atoms with Crippen molar-refractivity contribution in [1.82, 2.24) is 10.2 Å². The number of likely N-dealkylation sites (tertiary alicyclic amines) is 1. The van der Waals surface area contributed by atoms with Gasteiger partial charge in [0, 0.05) is 30.2 Å². The Kier molecular flexibility index (Phi) is 10.3. The van der Waals surface area contributed by atoms with Crippen LogP contribution >= 0.6 is 15.9 Å². The van der Waals surface area contributed by atoms with Crippen molar-refractivity contribution in [3.63, 3.8) is 0 Å². The first-order chi connectivity index (χ1) is 18.9. The van der Waals surface area contributed by atoms with Crippen LogP contribution in [0.2, 0.25) is 0 Å². The lowest BCUT2D eigenvalue weighted by atomic mass is 9.70. The molecule has 3 aliphatic rings. The Labute approximate surface area is 239 Å². The van der Waals surface area contributed by atoms with E-state index < -0.39 is 29.6 Å². The van der Waals surface area contributed by atoms with Gasteiger partial charge in [0.1, 0.15) is 17.4 Å². The van der Waals surface area contributed by atoms with Gasteiger partial charge in [-0.2, -0.15) is 0 Å². The summed E-state index contributed by atoms with van der Waals surface area (Å²) in [6.07, 6.45) is 6.07. The zero-order valence-corrected chi connectivity index (χ0v) is 24.6. The number of rotatable bonds is 15. The summed E-state index contributed by atoms with van der Waals surface area (Å²) in [7, 11) is 0. The highest BCUT2D eigenvalue weighted by molar-refractivity contribution is 9.09. The Morgan fingerprint density at radius 1 is 1.10 bits per heavy atom. The van der Waals surface area contributed by atoms with E-state index in [-0.39, 0.29) is 29.2 Å². The maximum atomic E-state index is 14.0. The maximum Gasteiger partial charge on any atom is 0.245 e. The summed E-state index contributed by atoms with van der Waals surface area (Å²) in [5.74, 6) is -1.38. The average Bonchev–Trinajstić information content (AvgIpc) is 3.51. The van der Waals surface area contributed by atoms with Gasteiger partial charge in [-0.25, -0.2) is 0 Å². The molecule has 0 aromatic heterocycles. The van der Waals surface area contributed by atoms with E-state index in [1.54, 1.807) is 29.2 Å². The van der Waals surface area contributed by atoms with Gasteiger partial charge in [-0.15, -0.1) is 0 Å². The number of nitrogens with zero attached hydrogens (tertiary/aromatic N) is 1. The van der Waals surface area contributed by atoms with Gasteiger partial charge in [-0.3, -0.25) is 14.4 Å². The van der Waals surface area contributed by atoms with Crippen molar-refractivity contribution in [3.05, 3.63) is 24.3 Å². The van der Waals surface area contributed by atoms with E-state index in [4.69, 9.17) is 14.6 Å². The number of amides is 3. The van der Waals surface area contributed by atoms with Gasteiger partial charge in [0.25, 0.3) is 0 Å². The van der Waals surface area contributed by atoms with Crippen molar-refractivity contribution in [2.75, 3.05) is 31.6 Å². The Hall–Kier alpha value is -2.17. The number of aliphatic hydroxyl groups excluding tert-OH is 1. The van der Waals surface area contributed by atoms with Crippen molar-refractivity contribution < 1.29 is 29.0 Å². The number of carbonyl (C=O) groups excluding carboxylic acids is 3. The zero-order chi connectivity index (χ0) is 28.0. The molecule has 4 rings (SSSR count). The van der Waals surface area contributed by atoms with Crippen LogP contribution in [0, 0.1) is 11.8 Å². The third-order valence-corrected chi connectivity index (χ3v) is 9.00. The topological polar surface area (TPSA) is 117 Å². The molecule has 3 fully saturated rings. The van der Waals surface area contributed by atoms with Gasteiger partial charge in [-0.05, 0) is 56.9 Å². The fourth-order valence-electron chi connectivity index (χ4n) is 6.43. The number of halogens is 1. The Balaban J connectivity index is 1.56. The molecule has 0 aliphatic carbocycles. The number of anilines is 1. The molecule has 3 unspecified atom stereocenters. The molecule has 10 heteroatoms. The first kappa shape index (κ1) is 29.8. The number of unbranched alkanes of at least 4 members (excludes halogenated alkanes) is 5. The Morgan fingerprint density at radius 3 is 2.54 bits per heavy atom. The molecule has 2 bridgehead atoms. The third-order valence-electron chi connectivity index (χ3n) is 8.16. The SMILES string of the molecule is CCCCCNC(=O)C1N(CCCCCCO)C(=O)[C@@H]2[C@H](C(=O)Nc3ccc(OCC)cc3)[C@H]3OC12CC3Br. The normalized spacial score (nSPS) is 29.0. The largest absolute Gasteiger partial charge is 0.494 e. The van der Waals surface area contributed by atoms with Crippen LogP contribution in [0.25, 0.3) is 0 Å². The number of fused-ring (bicyclic) bond motifs is 1. The van der Waals surface area contributed by atoms with Crippen LogP contribution in [0.15, 0.2) is 24.3 Å². The summed E-state index contributed by atoms with van der Waals surface area (Å²) < 4.78 is 12.0. The summed E-state index contributed by atoms with van der Waals surface area (Å²) in [5.41, 5.74) is -0.431. The van der Waals surface area contributed by atoms with Crippen LogP contribution in [-0.2, 0) is 19.1 Å². The molecule has 0 saturated carbocycles. The number of alkyl halides is 1. The van der Waals surface area contributed by atoms with Gasteiger partial charge in [0.05, 0.1) is 24.5 Å². The van der Waals surface area contributed by atoms with Crippen LogP contribution in [0.3, 0.4) is 0 Å². The highest BCUT2D eigenvalue weighted by Gasteiger charge is 2.76. The second kappa shape index (κ2) is 13.5. The standard InChI is InChI=1S/C29H42BrN3O6/c1-3-5-8-15-31-27(36)25-29-18-21(30)24(39-29)22(23(29)28(37)33(25)16-9-6-7-10-17-34)26(35)32-19-11-13-20(14-12-19)38-4-2/h11-14,21-25,34H,3-10,15-18H2,1-2H3,(H,31,36)(H,32,35)/t21?,22-,23-,24-,25?,29?/m0/s1. The van der Waals surface area contributed by atoms with Crippen molar-refractivity contribution >= 4 is 39.3 Å². The quantitative estimate of drug-likeness (QED) is 0.207. The number of carbonyl (C=O) groups is 3. The molecule has 1 aromatic rings. The second-order valence-corrected chi connectivity index (χ2v) is 12.0. The summed E-state index contributed by atoms with van der Waals surface area (Å²) in [6, 6.07) is 6.37. The fraction of sp³-hybridized carbons (Fsp3) is 0.690. The van der Waals surface area contributed by atoms with Crippen LogP contribution in [0.5, 0.6) is 5.75 Å². The van der Waals surface area contributed by atoms with Gasteiger partial charge in [0.2, 0.25) is 17.7 Å². The molecule has 39 heavy (non-hydrogen) atoms. The fourth-order valence-corrected chi connectivity index (χ4v) is 7.37. The van der Waals surface area contributed by atoms with Crippen LogP contribution in [-0.4, -0.2) is 76.6 Å². The first-order valence-electron chi connectivity index (χ1n) is 14.4. The lowest BCUT2D eigenvalue weighted by molar-refractivity contribution is -0.141. The van der Waals surface area contributed by atoms with Gasteiger partial charge in [-0.1, -0.05) is 48.5 Å². The number of benzene rings is 1. The summed E-state index contributed by atoms with van der Waals surface area (Å²) in [6.45, 7) is 5.68. The predicted molar refractivity (Wildman–Crippen MR) is 152 cm³/mol. The second-order valence-electron chi connectivity index (χ2n) is 10.8. The molecule has 0 radical (unpaired) electrons. The van der Waals surface area contributed by atoms with Crippen LogP contribution in [0.1, 0.15) is 65.2 Å². The molecule has 9 nitrogen and oxygen atoms in total. The van der Waals surface area contributed by atoms with E-state index in [0.717, 1.165) is 38.5 Å². The van der Waals surface area contributed by atoms with E-state index in [2.05, 4.69) is 33.5 Å². The molecule has 6 atom stereocenters. The lowest BCUT2D eigenvalue weighted by Crippen LogP contribution is -2.56. The molecule has 3 aliphatic heterocycles. The third kappa shape index (κ3) is 6.12. The molecule has 1 aromatic carbocycles. The van der Waals surface area contributed by atoms with Crippen molar-refractivity contribution in [1.29, 1.82) is 0 Å². The first-order valence-corrected chi connectivity index (χ1v) is 15.3. The van der Waals surface area contributed by atoms with E-state index in [1.807, 2.05) is 6.92 Å². The number of ether oxygens (including phenoxy) is 2. The zero-order valence-electron chi connectivity index (χ0n) is 23.0. The molecular formula is C29H42BrN3O6. The number of hydrogen-bond donors (Lipinski definition) is 3. The van der Waals surface area contributed by atoms with Gasteiger partial charge in [0.15, 0.2) is 0 Å². The molecule has 3 saturated heterocycles. The number of hydrogen-bond acceptors (Lipinski definition) is 6. The Morgan fingerprint density at radius 2 is 1.85 bits per heavy atom. The summed E-state index contributed by atoms with van der Waals surface area (Å²) in [4.78, 5) is 42.8. The average molecular weight is 609 g/mol. The Bertz CT molecular complexity index is 1010. The molecule has 3 heterocycles. The minimum Gasteiger partial charge on any atom is -0.494 e. The minimum atomic E-state index is -1.04. The van der Waals surface area contributed by atoms with Gasteiger partial charge < -0.3 is 30.1 Å². The van der Waals surface area contributed by atoms with Crippen molar-refractivity contribution in [2.24, 2.45) is 11.8 Å². The molecule has 216 valence electrons. The van der Waals surface area contributed by atoms with Gasteiger partial charge >= 0.3 is 0 Å². The van der Waals surface area contributed by atoms with E-state index in [1.165, 1.54) is 0 Å². The minimum absolute atomic E-state index is 0.141. The smallest absolute Gasteiger partial charge is 0.245 e. The van der Waals surface area contributed by atoms with Crippen molar-refractivity contribution in [3.8, 4) is 5.75 Å².